The van der Waals surface area contributed by atoms with Gasteiger partial charge in [-0.3, -0.25) is 4.90 Å². The predicted molar refractivity (Wildman–Crippen MR) is 48.7 cm³/mol. The maximum absolute atomic E-state index is 10.7. The van der Waals surface area contributed by atoms with Crippen molar-refractivity contribution in [2.24, 2.45) is 0 Å². The van der Waals surface area contributed by atoms with Crippen LogP contribution in [0.5, 0.6) is 0 Å². The van der Waals surface area contributed by atoms with Crippen LogP contribution in [0.4, 0.5) is 4.79 Å². The number of nitrogens with zero attached hydrogens (tertiary/aromatic N) is 1. The van der Waals surface area contributed by atoms with Gasteiger partial charge in [-0.25, -0.2) is 4.79 Å². The van der Waals surface area contributed by atoms with Gasteiger partial charge in [-0.1, -0.05) is 23.7 Å². The number of halogens is 1. The van der Waals surface area contributed by atoms with Gasteiger partial charge in [0.25, 0.3) is 0 Å². The van der Waals surface area contributed by atoms with Gasteiger partial charge < -0.3 is 5.11 Å². The highest BCUT2D eigenvalue weighted by Gasteiger charge is 2.23. The first-order chi connectivity index (χ1) is 6.18. The van der Waals surface area contributed by atoms with E-state index in [0.29, 0.717) is 18.1 Å². The van der Waals surface area contributed by atoms with Crippen LogP contribution in [0.25, 0.3) is 0 Å². The van der Waals surface area contributed by atoms with E-state index >= 15 is 0 Å². The average Bonchev–Trinajstić information content (AvgIpc) is 2.49. The average molecular weight is 198 g/mol. The zero-order chi connectivity index (χ0) is 9.42. The molecule has 1 amide bonds. The second kappa shape index (κ2) is 2.92. The quantitative estimate of drug-likeness (QED) is 0.694. The Bertz CT molecular complexity index is 365. The monoisotopic (exact) mass is 197 g/mol. The molecule has 1 heterocycles. The smallest absolute Gasteiger partial charge is 0.407 e. The molecule has 4 heteroatoms. The van der Waals surface area contributed by atoms with Gasteiger partial charge in [0.05, 0.1) is 6.54 Å². The molecule has 0 bridgehead atoms. The number of fused-ring (bicyclic) bond motifs is 1. The molecule has 0 fully saturated rings. The Morgan fingerprint density at radius 1 is 1.46 bits per heavy atom. The minimum atomic E-state index is -0.896. The second-order valence-corrected chi connectivity index (χ2v) is 3.42. The highest BCUT2D eigenvalue weighted by Crippen LogP contribution is 2.28. The summed E-state index contributed by atoms with van der Waals surface area (Å²) in [4.78, 5) is 12.0. The van der Waals surface area contributed by atoms with Gasteiger partial charge in [-0.2, -0.15) is 0 Å². The maximum Gasteiger partial charge on any atom is 0.407 e. The first-order valence-electron chi connectivity index (χ1n) is 3.92. The van der Waals surface area contributed by atoms with Gasteiger partial charge in [-0.05, 0) is 17.2 Å². The molecule has 0 saturated carbocycles. The third kappa shape index (κ3) is 1.35. The largest absolute Gasteiger partial charge is 0.465 e. The zero-order valence-electron chi connectivity index (χ0n) is 6.83. The Hall–Kier alpha value is -1.22. The fraction of sp³-hybridized carbons (Fsp3) is 0.222. The van der Waals surface area contributed by atoms with E-state index < -0.39 is 6.09 Å². The fourth-order valence-corrected chi connectivity index (χ4v) is 1.77. The minimum absolute atomic E-state index is 0.407. The molecule has 68 valence electrons. The number of carbonyl (C=O) groups is 1. The van der Waals surface area contributed by atoms with Crippen molar-refractivity contribution in [3.8, 4) is 0 Å². The third-order valence-electron chi connectivity index (χ3n) is 2.20. The van der Waals surface area contributed by atoms with Crippen LogP contribution in [0.1, 0.15) is 11.1 Å². The van der Waals surface area contributed by atoms with Crippen LogP contribution < -0.4 is 0 Å². The summed E-state index contributed by atoms with van der Waals surface area (Å²) in [7, 11) is 0. The number of amides is 1. The predicted octanol–water partition coefficient (Wildman–Crippen LogP) is 2.33. The lowest BCUT2D eigenvalue weighted by molar-refractivity contribution is 0.145. The van der Waals surface area contributed by atoms with Crippen LogP contribution >= 0.6 is 11.6 Å². The standard InChI is InChI=1S/C9H8ClNO2/c10-8-3-1-2-6-4-11(9(12)13)5-7(6)8/h1-3H,4-5H2,(H,12,13). The summed E-state index contributed by atoms with van der Waals surface area (Å²) in [6.07, 6.45) is -0.896. The molecule has 0 atom stereocenters. The van der Waals surface area contributed by atoms with Crippen LogP contribution in [-0.2, 0) is 13.1 Å². The first kappa shape index (κ1) is 8.38. The summed E-state index contributed by atoms with van der Waals surface area (Å²) < 4.78 is 0. The molecule has 3 nitrogen and oxygen atoms in total. The molecule has 13 heavy (non-hydrogen) atoms. The van der Waals surface area contributed by atoms with Crippen molar-refractivity contribution in [3.63, 3.8) is 0 Å². The Morgan fingerprint density at radius 2 is 2.23 bits per heavy atom. The van der Waals surface area contributed by atoms with Crippen molar-refractivity contribution in [2.75, 3.05) is 0 Å². The molecule has 0 unspecified atom stereocenters. The number of carboxylic acid groups (broad SMARTS) is 1. The van der Waals surface area contributed by atoms with Gasteiger partial charge in [-0.15, -0.1) is 0 Å². The van der Waals surface area contributed by atoms with Crippen LogP contribution in [0.15, 0.2) is 18.2 Å². The van der Waals surface area contributed by atoms with Crippen molar-refractivity contribution in [1.29, 1.82) is 0 Å². The summed E-state index contributed by atoms with van der Waals surface area (Å²) in [6.45, 7) is 0.857. The van der Waals surface area contributed by atoms with Crippen LogP contribution in [0.2, 0.25) is 5.02 Å². The molecule has 0 spiro atoms. The summed E-state index contributed by atoms with van der Waals surface area (Å²) in [5.74, 6) is 0. The lowest BCUT2D eigenvalue weighted by atomic mass is 10.1. The van der Waals surface area contributed by atoms with Crippen molar-refractivity contribution in [2.45, 2.75) is 13.1 Å². The Morgan fingerprint density at radius 3 is 2.85 bits per heavy atom. The Labute approximate surface area is 80.5 Å². The van der Waals surface area contributed by atoms with E-state index in [1.54, 1.807) is 6.07 Å². The van der Waals surface area contributed by atoms with Crippen molar-refractivity contribution in [3.05, 3.63) is 34.3 Å². The van der Waals surface area contributed by atoms with E-state index in [4.69, 9.17) is 16.7 Å². The van der Waals surface area contributed by atoms with E-state index in [9.17, 15) is 4.79 Å². The highest BCUT2D eigenvalue weighted by atomic mass is 35.5. The van der Waals surface area contributed by atoms with E-state index in [2.05, 4.69) is 0 Å². The van der Waals surface area contributed by atoms with E-state index in [-0.39, 0.29) is 0 Å². The van der Waals surface area contributed by atoms with Gasteiger partial charge in [0, 0.05) is 11.6 Å². The molecule has 1 aromatic rings. The molecular weight excluding hydrogens is 190 g/mol. The van der Waals surface area contributed by atoms with Crippen LogP contribution in [0, 0.1) is 0 Å². The third-order valence-corrected chi connectivity index (χ3v) is 2.55. The number of benzene rings is 1. The van der Waals surface area contributed by atoms with E-state index in [1.165, 1.54) is 4.90 Å². The molecule has 0 aliphatic carbocycles. The first-order valence-corrected chi connectivity index (χ1v) is 4.30. The minimum Gasteiger partial charge on any atom is -0.465 e. The second-order valence-electron chi connectivity index (χ2n) is 3.02. The Kier molecular flexibility index (Phi) is 1.88. The lowest BCUT2D eigenvalue weighted by Gasteiger charge is -2.08. The molecule has 1 aromatic carbocycles. The van der Waals surface area contributed by atoms with E-state index in [1.807, 2.05) is 12.1 Å². The van der Waals surface area contributed by atoms with Gasteiger partial charge >= 0.3 is 6.09 Å². The van der Waals surface area contributed by atoms with Crippen LogP contribution in [0.3, 0.4) is 0 Å². The van der Waals surface area contributed by atoms with E-state index in [0.717, 1.165) is 11.1 Å². The summed E-state index contributed by atoms with van der Waals surface area (Å²) in [5.41, 5.74) is 1.95. The van der Waals surface area contributed by atoms with Crippen molar-refractivity contribution < 1.29 is 9.90 Å². The molecule has 0 radical (unpaired) electrons. The SMILES string of the molecule is O=C(O)N1Cc2cccc(Cl)c2C1. The molecular formula is C9H8ClNO2. The molecule has 2 rings (SSSR count). The molecule has 1 aliphatic rings. The normalized spacial score (nSPS) is 14.4. The van der Waals surface area contributed by atoms with Crippen LogP contribution in [-0.4, -0.2) is 16.1 Å². The van der Waals surface area contributed by atoms with Crippen molar-refractivity contribution in [1.82, 2.24) is 4.90 Å². The van der Waals surface area contributed by atoms with Gasteiger partial charge in [0.15, 0.2) is 0 Å². The zero-order valence-corrected chi connectivity index (χ0v) is 7.58. The topological polar surface area (TPSA) is 40.5 Å². The molecule has 0 aromatic heterocycles. The number of hydrogen-bond acceptors (Lipinski definition) is 1. The van der Waals surface area contributed by atoms with Crippen molar-refractivity contribution >= 4 is 17.7 Å². The number of rotatable bonds is 0. The van der Waals surface area contributed by atoms with Gasteiger partial charge in [0.1, 0.15) is 0 Å². The van der Waals surface area contributed by atoms with Gasteiger partial charge in [0.2, 0.25) is 0 Å². The lowest BCUT2D eigenvalue weighted by Crippen LogP contribution is -2.22. The molecule has 1 aliphatic heterocycles. The summed E-state index contributed by atoms with van der Waals surface area (Å²) >= 11 is 5.92. The summed E-state index contributed by atoms with van der Waals surface area (Å²) in [5, 5.41) is 9.41. The summed E-state index contributed by atoms with van der Waals surface area (Å²) in [6, 6.07) is 5.53. The molecule has 0 saturated heterocycles. The highest BCUT2D eigenvalue weighted by molar-refractivity contribution is 6.31. The maximum atomic E-state index is 10.7. The Balaban J connectivity index is 2.35. The fourth-order valence-electron chi connectivity index (χ4n) is 1.52. The number of hydrogen-bond donors (Lipinski definition) is 1. The molecule has 1 N–H and O–H groups in total.